The SMILES string of the molecule is CCCC(COC)N1C(=O)C2(CCCC2)NC(=O)C1CC. The van der Waals surface area contributed by atoms with Crippen molar-refractivity contribution in [2.24, 2.45) is 0 Å². The van der Waals surface area contributed by atoms with E-state index in [1.807, 2.05) is 11.8 Å². The Hall–Kier alpha value is -1.10. The van der Waals surface area contributed by atoms with Gasteiger partial charge >= 0.3 is 0 Å². The molecule has 1 saturated carbocycles. The molecule has 0 aromatic heterocycles. The highest BCUT2D eigenvalue weighted by Gasteiger charge is 2.53. The molecule has 5 nitrogen and oxygen atoms in total. The first-order valence-corrected chi connectivity index (χ1v) is 8.23. The molecule has 2 fully saturated rings. The Morgan fingerprint density at radius 2 is 2.00 bits per heavy atom. The maximum Gasteiger partial charge on any atom is 0.249 e. The summed E-state index contributed by atoms with van der Waals surface area (Å²) in [6.45, 7) is 4.57. The largest absolute Gasteiger partial charge is 0.383 e. The molecule has 1 heterocycles. The van der Waals surface area contributed by atoms with Gasteiger partial charge < -0.3 is 15.0 Å². The third-order valence-corrected chi connectivity index (χ3v) is 4.86. The number of hydrogen-bond donors (Lipinski definition) is 1. The van der Waals surface area contributed by atoms with Crippen LogP contribution in [0.5, 0.6) is 0 Å². The second-order valence-corrected chi connectivity index (χ2v) is 6.31. The number of amides is 2. The van der Waals surface area contributed by atoms with Crippen molar-refractivity contribution in [3.63, 3.8) is 0 Å². The Kier molecular flexibility index (Phi) is 5.25. The summed E-state index contributed by atoms with van der Waals surface area (Å²) >= 11 is 0. The van der Waals surface area contributed by atoms with Gasteiger partial charge in [0.25, 0.3) is 0 Å². The lowest BCUT2D eigenvalue weighted by Crippen LogP contribution is -2.71. The summed E-state index contributed by atoms with van der Waals surface area (Å²) in [4.78, 5) is 27.5. The molecule has 0 aromatic rings. The van der Waals surface area contributed by atoms with Crippen LogP contribution in [0.15, 0.2) is 0 Å². The Labute approximate surface area is 127 Å². The van der Waals surface area contributed by atoms with E-state index in [-0.39, 0.29) is 23.9 Å². The van der Waals surface area contributed by atoms with E-state index >= 15 is 0 Å². The van der Waals surface area contributed by atoms with Crippen molar-refractivity contribution in [3.8, 4) is 0 Å². The van der Waals surface area contributed by atoms with Gasteiger partial charge in [-0.25, -0.2) is 0 Å². The van der Waals surface area contributed by atoms with E-state index in [1.54, 1.807) is 7.11 Å². The summed E-state index contributed by atoms with van der Waals surface area (Å²) in [7, 11) is 1.66. The van der Waals surface area contributed by atoms with Gasteiger partial charge in [0.2, 0.25) is 11.8 Å². The van der Waals surface area contributed by atoms with Gasteiger partial charge in [0.15, 0.2) is 0 Å². The lowest BCUT2D eigenvalue weighted by molar-refractivity contribution is -0.159. The van der Waals surface area contributed by atoms with Gasteiger partial charge in [-0.1, -0.05) is 33.1 Å². The molecular formula is C16H28N2O3. The molecular weight excluding hydrogens is 268 g/mol. The fourth-order valence-corrected chi connectivity index (χ4v) is 3.84. The van der Waals surface area contributed by atoms with Crippen LogP contribution in [-0.2, 0) is 14.3 Å². The second kappa shape index (κ2) is 6.77. The lowest BCUT2D eigenvalue weighted by atomic mass is 9.88. The van der Waals surface area contributed by atoms with Crippen LogP contribution in [0.3, 0.4) is 0 Å². The Bertz CT molecular complexity index is 385. The molecule has 21 heavy (non-hydrogen) atoms. The smallest absolute Gasteiger partial charge is 0.249 e. The fourth-order valence-electron chi connectivity index (χ4n) is 3.84. The Balaban J connectivity index is 2.31. The zero-order chi connectivity index (χ0) is 15.5. The molecule has 2 aliphatic rings. The van der Waals surface area contributed by atoms with Crippen molar-refractivity contribution in [3.05, 3.63) is 0 Å². The molecule has 2 unspecified atom stereocenters. The van der Waals surface area contributed by atoms with Crippen LogP contribution in [0.1, 0.15) is 58.8 Å². The van der Waals surface area contributed by atoms with Crippen molar-refractivity contribution in [2.45, 2.75) is 76.4 Å². The average Bonchev–Trinajstić information content (AvgIpc) is 2.92. The van der Waals surface area contributed by atoms with Crippen LogP contribution in [0.25, 0.3) is 0 Å². The molecule has 1 spiro atoms. The molecule has 1 N–H and O–H groups in total. The number of rotatable bonds is 6. The minimum atomic E-state index is -0.636. The van der Waals surface area contributed by atoms with E-state index in [2.05, 4.69) is 12.2 Å². The number of carbonyl (C=O) groups excluding carboxylic acids is 2. The summed E-state index contributed by atoms with van der Waals surface area (Å²) in [6, 6.07) is -0.351. The van der Waals surface area contributed by atoms with E-state index in [0.29, 0.717) is 13.0 Å². The number of ether oxygens (including phenoxy) is 1. The average molecular weight is 296 g/mol. The standard InChI is InChI=1S/C16H28N2O3/c1-4-8-12(11-21-3)18-13(5-2)14(19)17-16(15(18)20)9-6-7-10-16/h12-13H,4-11H2,1-3H3,(H,17,19). The van der Waals surface area contributed by atoms with Crippen molar-refractivity contribution < 1.29 is 14.3 Å². The predicted octanol–water partition coefficient (Wildman–Crippen LogP) is 1.85. The van der Waals surface area contributed by atoms with Gasteiger partial charge in [0, 0.05) is 7.11 Å². The zero-order valence-electron chi connectivity index (χ0n) is 13.5. The monoisotopic (exact) mass is 296 g/mol. The molecule has 5 heteroatoms. The van der Waals surface area contributed by atoms with Gasteiger partial charge in [-0.05, 0) is 25.7 Å². The summed E-state index contributed by atoms with van der Waals surface area (Å²) < 4.78 is 5.31. The van der Waals surface area contributed by atoms with Crippen LogP contribution >= 0.6 is 0 Å². The maximum absolute atomic E-state index is 13.1. The van der Waals surface area contributed by atoms with E-state index in [1.165, 1.54) is 0 Å². The molecule has 1 aliphatic carbocycles. The van der Waals surface area contributed by atoms with Crippen LogP contribution < -0.4 is 5.32 Å². The summed E-state index contributed by atoms with van der Waals surface area (Å²) in [5.41, 5.74) is -0.636. The lowest BCUT2D eigenvalue weighted by Gasteiger charge is -2.47. The molecule has 0 aromatic carbocycles. The third-order valence-electron chi connectivity index (χ3n) is 4.86. The number of piperazine rings is 1. The van der Waals surface area contributed by atoms with Crippen molar-refractivity contribution in [1.29, 1.82) is 0 Å². The molecule has 2 atom stereocenters. The fraction of sp³-hybridized carbons (Fsp3) is 0.875. The van der Waals surface area contributed by atoms with Crippen molar-refractivity contribution >= 4 is 11.8 Å². The molecule has 120 valence electrons. The number of nitrogens with zero attached hydrogens (tertiary/aromatic N) is 1. The van der Waals surface area contributed by atoms with Crippen LogP contribution in [0.4, 0.5) is 0 Å². The molecule has 1 saturated heterocycles. The highest BCUT2D eigenvalue weighted by molar-refractivity contribution is 6.00. The number of carbonyl (C=O) groups is 2. The van der Waals surface area contributed by atoms with Gasteiger partial charge in [-0.3, -0.25) is 9.59 Å². The minimum absolute atomic E-state index is 0.000903. The number of methoxy groups -OCH3 is 1. The summed E-state index contributed by atoms with van der Waals surface area (Å²) in [6.07, 6.45) is 6.07. The highest BCUT2D eigenvalue weighted by Crippen LogP contribution is 2.36. The van der Waals surface area contributed by atoms with Crippen molar-refractivity contribution in [2.75, 3.05) is 13.7 Å². The first-order valence-electron chi connectivity index (χ1n) is 8.23. The summed E-state index contributed by atoms with van der Waals surface area (Å²) in [5, 5.41) is 3.04. The third kappa shape index (κ3) is 2.93. The Morgan fingerprint density at radius 1 is 1.33 bits per heavy atom. The van der Waals surface area contributed by atoms with Crippen LogP contribution in [-0.4, -0.2) is 48.1 Å². The first-order chi connectivity index (χ1) is 10.1. The van der Waals surface area contributed by atoms with Gasteiger partial charge in [0.1, 0.15) is 11.6 Å². The zero-order valence-corrected chi connectivity index (χ0v) is 13.5. The quantitative estimate of drug-likeness (QED) is 0.814. The minimum Gasteiger partial charge on any atom is -0.383 e. The van der Waals surface area contributed by atoms with Crippen LogP contribution in [0.2, 0.25) is 0 Å². The van der Waals surface area contributed by atoms with Gasteiger partial charge in [-0.15, -0.1) is 0 Å². The highest BCUT2D eigenvalue weighted by atomic mass is 16.5. The molecule has 1 aliphatic heterocycles. The molecule has 2 rings (SSSR count). The maximum atomic E-state index is 13.1. The van der Waals surface area contributed by atoms with Gasteiger partial charge in [0.05, 0.1) is 12.6 Å². The second-order valence-electron chi connectivity index (χ2n) is 6.31. The normalized spacial score (nSPS) is 26.2. The molecule has 2 amide bonds. The topological polar surface area (TPSA) is 58.6 Å². The van der Waals surface area contributed by atoms with E-state index < -0.39 is 5.54 Å². The summed E-state index contributed by atoms with van der Waals surface area (Å²) in [5.74, 6) is 0.123. The van der Waals surface area contributed by atoms with E-state index in [4.69, 9.17) is 4.74 Å². The van der Waals surface area contributed by atoms with Gasteiger partial charge in [-0.2, -0.15) is 0 Å². The van der Waals surface area contributed by atoms with Crippen molar-refractivity contribution in [1.82, 2.24) is 10.2 Å². The molecule has 0 radical (unpaired) electrons. The van der Waals surface area contributed by atoms with E-state index in [0.717, 1.165) is 38.5 Å². The number of nitrogens with one attached hydrogen (secondary N) is 1. The van der Waals surface area contributed by atoms with Crippen LogP contribution in [0, 0.1) is 0 Å². The number of hydrogen-bond acceptors (Lipinski definition) is 3. The first kappa shape index (κ1) is 16.3. The molecule has 0 bridgehead atoms. The van der Waals surface area contributed by atoms with E-state index in [9.17, 15) is 9.59 Å². The Morgan fingerprint density at radius 3 is 2.52 bits per heavy atom. The predicted molar refractivity (Wildman–Crippen MR) is 80.8 cm³/mol.